The Balaban J connectivity index is 2.65. The lowest BCUT2D eigenvalue weighted by Crippen LogP contribution is -2.50. The van der Waals surface area contributed by atoms with Crippen LogP contribution < -0.4 is 4.72 Å². The molecule has 0 heterocycles. The van der Waals surface area contributed by atoms with E-state index in [-0.39, 0.29) is 17.0 Å². The van der Waals surface area contributed by atoms with Gasteiger partial charge in [0, 0.05) is 11.8 Å². The Kier molecular flexibility index (Phi) is 3.49. The van der Waals surface area contributed by atoms with Gasteiger partial charge in [0.05, 0.1) is 10.8 Å². The minimum Gasteiger partial charge on any atom is -0.212 e. The van der Waals surface area contributed by atoms with E-state index in [1.807, 2.05) is 0 Å². The predicted molar refractivity (Wildman–Crippen MR) is 54.9 cm³/mol. The van der Waals surface area contributed by atoms with Crippen molar-refractivity contribution in [1.29, 1.82) is 0 Å². The Bertz CT molecular complexity index is 270. The second-order valence-electron chi connectivity index (χ2n) is 3.67. The van der Waals surface area contributed by atoms with Crippen molar-refractivity contribution >= 4 is 33.2 Å². The summed E-state index contributed by atoms with van der Waals surface area (Å²) >= 11 is 11.3. The number of sulfonamides is 1. The van der Waals surface area contributed by atoms with E-state index in [4.69, 9.17) is 23.2 Å². The molecule has 0 unspecified atom stereocenters. The summed E-state index contributed by atoms with van der Waals surface area (Å²) in [6, 6.07) is 0. The molecule has 13 heavy (non-hydrogen) atoms. The van der Waals surface area contributed by atoms with Crippen molar-refractivity contribution < 1.29 is 8.42 Å². The van der Waals surface area contributed by atoms with E-state index in [0.29, 0.717) is 0 Å². The Morgan fingerprint density at radius 3 is 2.15 bits per heavy atom. The fourth-order valence-electron chi connectivity index (χ4n) is 0.895. The second-order valence-corrected chi connectivity index (χ2v) is 6.17. The van der Waals surface area contributed by atoms with Gasteiger partial charge in [0.15, 0.2) is 0 Å². The van der Waals surface area contributed by atoms with Crippen LogP contribution in [0.1, 0.15) is 19.8 Å². The summed E-state index contributed by atoms with van der Waals surface area (Å²) in [5, 5.41) is -0.224. The first-order valence-electron chi connectivity index (χ1n) is 4.08. The SMILES string of the molecule is CC(CCl)(CCl)NS(=O)(=O)C1CC1. The number of alkyl halides is 2. The van der Waals surface area contributed by atoms with E-state index in [9.17, 15) is 8.42 Å². The van der Waals surface area contributed by atoms with Gasteiger partial charge in [0.1, 0.15) is 0 Å². The smallest absolute Gasteiger partial charge is 0.212 e. The second kappa shape index (κ2) is 3.93. The lowest BCUT2D eigenvalue weighted by Gasteiger charge is -2.25. The maximum Gasteiger partial charge on any atom is 0.215 e. The molecule has 0 aliphatic heterocycles. The molecule has 78 valence electrons. The molecule has 1 aliphatic carbocycles. The third-order valence-corrected chi connectivity index (χ3v) is 5.25. The molecule has 1 aliphatic rings. The molecule has 1 rings (SSSR count). The van der Waals surface area contributed by atoms with Crippen molar-refractivity contribution in [3.63, 3.8) is 0 Å². The number of rotatable bonds is 5. The lowest BCUT2D eigenvalue weighted by molar-refractivity contribution is 0.499. The van der Waals surface area contributed by atoms with E-state index in [1.54, 1.807) is 6.92 Å². The maximum atomic E-state index is 11.5. The number of hydrogen-bond donors (Lipinski definition) is 1. The number of halogens is 2. The Hall–Kier alpha value is 0.490. The molecule has 1 fully saturated rings. The molecule has 3 nitrogen and oxygen atoms in total. The van der Waals surface area contributed by atoms with Gasteiger partial charge in [-0.25, -0.2) is 13.1 Å². The Morgan fingerprint density at radius 2 is 1.85 bits per heavy atom. The molecule has 0 radical (unpaired) electrons. The van der Waals surface area contributed by atoms with Gasteiger partial charge in [-0.15, -0.1) is 23.2 Å². The highest BCUT2D eigenvalue weighted by Crippen LogP contribution is 2.29. The van der Waals surface area contributed by atoms with Crippen molar-refractivity contribution in [2.24, 2.45) is 0 Å². The van der Waals surface area contributed by atoms with Gasteiger partial charge in [-0.3, -0.25) is 0 Å². The third kappa shape index (κ3) is 2.98. The zero-order valence-corrected chi connectivity index (χ0v) is 9.71. The molecule has 0 spiro atoms. The van der Waals surface area contributed by atoms with Crippen LogP contribution in [-0.4, -0.2) is 31.0 Å². The van der Waals surface area contributed by atoms with Gasteiger partial charge < -0.3 is 0 Å². The summed E-state index contributed by atoms with van der Waals surface area (Å²) in [6.07, 6.45) is 1.49. The standard InChI is InChI=1S/C7H13Cl2NO2S/c1-7(4-8,5-9)10-13(11,12)6-2-3-6/h6,10H,2-5H2,1H3. The van der Waals surface area contributed by atoms with Gasteiger partial charge >= 0.3 is 0 Å². The summed E-state index contributed by atoms with van der Waals surface area (Å²) < 4.78 is 25.5. The van der Waals surface area contributed by atoms with Gasteiger partial charge in [-0.1, -0.05) is 0 Å². The van der Waals surface area contributed by atoms with Crippen LogP contribution in [0.2, 0.25) is 0 Å². The van der Waals surface area contributed by atoms with Crippen LogP contribution in [0.15, 0.2) is 0 Å². The summed E-state index contributed by atoms with van der Waals surface area (Å²) in [4.78, 5) is 0. The topological polar surface area (TPSA) is 46.2 Å². The van der Waals surface area contributed by atoms with Gasteiger partial charge in [-0.05, 0) is 19.8 Å². The van der Waals surface area contributed by atoms with E-state index >= 15 is 0 Å². The van der Waals surface area contributed by atoms with Gasteiger partial charge in [-0.2, -0.15) is 0 Å². The first kappa shape index (κ1) is 11.6. The first-order valence-corrected chi connectivity index (χ1v) is 6.70. The van der Waals surface area contributed by atoms with E-state index < -0.39 is 15.6 Å². The van der Waals surface area contributed by atoms with E-state index in [1.165, 1.54) is 0 Å². The van der Waals surface area contributed by atoms with Gasteiger partial charge in [0.2, 0.25) is 10.0 Å². The summed E-state index contributed by atoms with van der Waals surface area (Å²) in [7, 11) is -3.19. The largest absolute Gasteiger partial charge is 0.215 e. The number of hydrogen-bond acceptors (Lipinski definition) is 2. The zero-order chi connectivity index (χ0) is 10.1. The first-order chi connectivity index (χ1) is 5.93. The Labute approximate surface area is 88.8 Å². The molecule has 0 aromatic rings. The quantitative estimate of drug-likeness (QED) is 0.743. The predicted octanol–water partition coefficient (Wildman–Crippen LogP) is 1.30. The number of nitrogens with one attached hydrogen (secondary N) is 1. The molecule has 0 bridgehead atoms. The normalized spacial score (nSPS) is 19.0. The van der Waals surface area contributed by atoms with Crippen LogP contribution in [0.3, 0.4) is 0 Å². The third-order valence-electron chi connectivity index (χ3n) is 1.94. The Morgan fingerprint density at radius 1 is 1.38 bits per heavy atom. The molecule has 0 aromatic heterocycles. The van der Waals surface area contributed by atoms with Crippen molar-refractivity contribution in [1.82, 2.24) is 4.72 Å². The van der Waals surface area contributed by atoms with Crippen LogP contribution in [-0.2, 0) is 10.0 Å². The highest BCUT2D eigenvalue weighted by Gasteiger charge is 2.39. The minimum atomic E-state index is -3.19. The molecular formula is C7H13Cl2NO2S. The average molecular weight is 246 g/mol. The molecular weight excluding hydrogens is 233 g/mol. The van der Waals surface area contributed by atoms with Crippen molar-refractivity contribution in [3.05, 3.63) is 0 Å². The van der Waals surface area contributed by atoms with Crippen LogP contribution >= 0.6 is 23.2 Å². The van der Waals surface area contributed by atoms with Gasteiger partial charge in [0.25, 0.3) is 0 Å². The molecule has 6 heteroatoms. The monoisotopic (exact) mass is 245 g/mol. The molecule has 1 N–H and O–H groups in total. The van der Waals surface area contributed by atoms with Crippen molar-refractivity contribution in [2.75, 3.05) is 11.8 Å². The van der Waals surface area contributed by atoms with Crippen LogP contribution in [0.4, 0.5) is 0 Å². The van der Waals surface area contributed by atoms with Crippen LogP contribution in [0, 0.1) is 0 Å². The molecule has 1 saturated carbocycles. The lowest BCUT2D eigenvalue weighted by atomic mass is 10.1. The van der Waals surface area contributed by atoms with E-state index in [2.05, 4.69) is 4.72 Å². The molecule has 0 atom stereocenters. The van der Waals surface area contributed by atoms with Crippen LogP contribution in [0.5, 0.6) is 0 Å². The average Bonchev–Trinajstić information content (AvgIpc) is 2.85. The van der Waals surface area contributed by atoms with E-state index in [0.717, 1.165) is 12.8 Å². The summed E-state index contributed by atoms with van der Waals surface area (Å²) in [5.74, 6) is 0.366. The fraction of sp³-hybridized carbons (Fsp3) is 1.00. The fourth-order valence-corrected chi connectivity index (χ4v) is 3.23. The highest BCUT2D eigenvalue weighted by molar-refractivity contribution is 7.90. The maximum absolute atomic E-state index is 11.5. The van der Waals surface area contributed by atoms with Crippen molar-refractivity contribution in [3.8, 4) is 0 Å². The zero-order valence-electron chi connectivity index (χ0n) is 7.39. The highest BCUT2D eigenvalue weighted by atomic mass is 35.5. The summed E-state index contributed by atoms with van der Waals surface area (Å²) in [6.45, 7) is 1.70. The molecule has 0 aromatic carbocycles. The summed E-state index contributed by atoms with van der Waals surface area (Å²) in [5.41, 5.74) is -0.718. The van der Waals surface area contributed by atoms with Crippen LogP contribution in [0.25, 0.3) is 0 Å². The molecule has 0 saturated heterocycles. The molecule has 0 amide bonds. The van der Waals surface area contributed by atoms with Crippen molar-refractivity contribution in [2.45, 2.75) is 30.6 Å². The minimum absolute atomic E-state index is 0.183.